The van der Waals surface area contributed by atoms with Crippen LogP contribution in [0, 0.1) is 5.92 Å². The number of esters is 4. The number of fused-ring (bicyclic) bond motifs is 1. The summed E-state index contributed by atoms with van der Waals surface area (Å²) in [6, 6.07) is 0. The first-order valence-electron chi connectivity index (χ1n) is 11.9. The molecule has 2 aliphatic rings. The van der Waals surface area contributed by atoms with Crippen LogP contribution in [0.2, 0.25) is 0 Å². The van der Waals surface area contributed by atoms with Gasteiger partial charge in [-0.25, -0.2) is 14.4 Å². The van der Waals surface area contributed by atoms with Crippen LogP contribution in [-0.2, 0) is 38.1 Å². The molecule has 4 atom stereocenters. The number of hydrogen-bond acceptors (Lipinski definition) is 10. The number of carbonyl (C=O) groups is 4. The van der Waals surface area contributed by atoms with Crippen molar-refractivity contribution in [2.24, 2.45) is 5.92 Å². The molecule has 2 N–H and O–H groups in total. The van der Waals surface area contributed by atoms with E-state index in [1.54, 1.807) is 19.9 Å². The second-order valence-corrected chi connectivity index (χ2v) is 8.82. The van der Waals surface area contributed by atoms with E-state index in [0.29, 0.717) is 12.0 Å². The number of aliphatic hydroxyl groups is 2. The molecule has 2 rings (SSSR count). The number of allylic oxidation sites excluding steroid dienone is 1. The van der Waals surface area contributed by atoms with E-state index >= 15 is 0 Å². The summed E-state index contributed by atoms with van der Waals surface area (Å²) < 4.78 is 21.8. The second-order valence-electron chi connectivity index (χ2n) is 8.82. The minimum Gasteiger partial charge on any atom is -0.458 e. The molecule has 1 aliphatic carbocycles. The fourth-order valence-electron chi connectivity index (χ4n) is 4.06. The Balaban J connectivity index is 2.29. The lowest BCUT2D eigenvalue weighted by atomic mass is 9.85. The van der Waals surface area contributed by atoms with E-state index in [4.69, 9.17) is 24.1 Å². The molecule has 0 radical (unpaired) electrons. The molecule has 37 heavy (non-hydrogen) atoms. The summed E-state index contributed by atoms with van der Waals surface area (Å²) in [5.41, 5.74) is 1.57. The number of rotatable bonds is 8. The summed E-state index contributed by atoms with van der Waals surface area (Å²) >= 11 is 0. The lowest BCUT2D eigenvalue weighted by molar-refractivity contribution is -0.149. The smallest absolute Gasteiger partial charge is 0.337 e. The van der Waals surface area contributed by atoms with Crippen molar-refractivity contribution < 1.29 is 48.3 Å². The van der Waals surface area contributed by atoms with E-state index in [1.807, 2.05) is 13.0 Å². The fourth-order valence-corrected chi connectivity index (χ4v) is 4.06. The van der Waals surface area contributed by atoms with Crippen LogP contribution in [0.5, 0.6) is 0 Å². The first-order valence-corrected chi connectivity index (χ1v) is 11.9. The Bertz CT molecular complexity index is 1050. The van der Waals surface area contributed by atoms with Gasteiger partial charge in [-0.3, -0.25) is 4.79 Å². The van der Waals surface area contributed by atoms with Crippen molar-refractivity contribution in [2.45, 2.75) is 58.8 Å². The van der Waals surface area contributed by atoms with Crippen molar-refractivity contribution in [3.05, 3.63) is 58.7 Å². The van der Waals surface area contributed by atoms with Gasteiger partial charge in [0.2, 0.25) is 0 Å². The molecule has 1 saturated heterocycles. The van der Waals surface area contributed by atoms with Crippen LogP contribution in [0.4, 0.5) is 0 Å². The predicted octanol–water partition coefficient (Wildman–Crippen LogP) is 2.01. The Morgan fingerprint density at radius 3 is 2.46 bits per heavy atom. The summed E-state index contributed by atoms with van der Waals surface area (Å²) in [6.45, 7) is 8.84. The first kappa shape index (κ1) is 29.7. The average Bonchev–Trinajstić information content (AvgIpc) is 3.11. The minimum atomic E-state index is -0.882. The first-order chi connectivity index (χ1) is 17.5. The molecule has 0 amide bonds. The normalized spacial score (nSPS) is 24.8. The van der Waals surface area contributed by atoms with Gasteiger partial charge in [0.05, 0.1) is 30.3 Å². The minimum absolute atomic E-state index is 0.0439. The molecule has 0 aromatic heterocycles. The average molecular weight is 519 g/mol. The predicted molar refractivity (Wildman–Crippen MR) is 132 cm³/mol. The summed E-state index contributed by atoms with van der Waals surface area (Å²) in [4.78, 5) is 49.2. The quantitative estimate of drug-likeness (QED) is 0.212. The Labute approximate surface area is 215 Å². The number of aliphatic hydroxyl groups excluding tert-OH is 2. The summed E-state index contributed by atoms with van der Waals surface area (Å²) in [5, 5.41) is 18.2. The molecular weight excluding hydrogens is 484 g/mol. The Morgan fingerprint density at radius 2 is 1.86 bits per heavy atom. The zero-order valence-corrected chi connectivity index (χ0v) is 21.5. The molecule has 1 aliphatic heterocycles. The standard InChI is InChI=1S/C27H34O10/c1-6-19(14-34-26(32)20(13-29)9-10-28)27(33)37-22-11-15(2)7-8-21(35-18(5)30)16(3)12-23-24(22)17(4)25(31)36-23/h6-7,9,12,21-24,28-29H,4,8,10-11,13-14H2,1-3,5H3. The molecule has 10 heteroatoms. The molecular formula is C27H34O10. The third-order valence-electron chi connectivity index (χ3n) is 6.11. The highest BCUT2D eigenvalue weighted by Crippen LogP contribution is 2.36. The highest BCUT2D eigenvalue weighted by atomic mass is 16.6. The van der Waals surface area contributed by atoms with Gasteiger partial charge < -0.3 is 29.2 Å². The van der Waals surface area contributed by atoms with Crippen LogP contribution in [0.3, 0.4) is 0 Å². The third kappa shape index (κ3) is 7.99. The highest BCUT2D eigenvalue weighted by molar-refractivity contribution is 5.93. The van der Waals surface area contributed by atoms with Gasteiger partial charge in [-0.1, -0.05) is 24.3 Å². The van der Waals surface area contributed by atoms with Crippen LogP contribution in [0.25, 0.3) is 0 Å². The molecule has 1 fully saturated rings. The van der Waals surface area contributed by atoms with Crippen LogP contribution < -0.4 is 0 Å². The van der Waals surface area contributed by atoms with Gasteiger partial charge in [-0.05, 0) is 38.5 Å². The van der Waals surface area contributed by atoms with Crippen LogP contribution in [0.15, 0.2) is 58.7 Å². The zero-order valence-electron chi connectivity index (χ0n) is 21.5. The molecule has 1 heterocycles. The molecule has 10 nitrogen and oxygen atoms in total. The largest absolute Gasteiger partial charge is 0.458 e. The maximum absolute atomic E-state index is 13.1. The van der Waals surface area contributed by atoms with Crippen molar-refractivity contribution in [3.8, 4) is 0 Å². The van der Waals surface area contributed by atoms with Gasteiger partial charge in [-0.2, -0.15) is 0 Å². The highest BCUT2D eigenvalue weighted by Gasteiger charge is 2.45. The van der Waals surface area contributed by atoms with Gasteiger partial charge in [0.1, 0.15) is 24.9 Å². The van der Waals surface area contributed by atoms with Gasteiger partial charge in [-0.15, -0.1) is 0 Å². The Kier molecular flexibility index (Phi) is 11.0. The summed E-state index contributed by atoms with van der Waals surface area (Å²) in [6.07, 6.45) is 4.62. The van der Waals surface area contributed by atoms with E-state index in [9.17, 15) is 24.3 Å². The van der Waals surface area contributed by atoms with Crippen LogP contribution in [-0.4, -0.2) is 72.2 Å². The fraction of sp³-hybridized carbons (Fsp3) is 0.481. The maximum atomic E-state index is 13.1. The van der Waals surface area contributed by atoms with E-state index < -0.39 is 67.9 Å². The van der Waals surface area contributed by atoms with Crippen LogP contribution >= 0.6 is 0 Å². The zero-order chi connectivity index (χ0) is 27.7. The molecule has 0 aromatic carbocycles. The van der Waals surface area contributed by atoms with E-state index in [0.717, 1.165) is 11.6 Å². The van der Waals surface area contributed by atoms with Crippen molar-refractivity contribution in [1.82, 2.24) is 0 Å². The summed E-state index contributed by atoms with van der Waals surface area (Å²) in [7, 11) is 0. The van der Waals surface area contributed by atoms with Crippen LogP contribution in [0.1, 0.15) is 40.5 Å². The Hall–Kier alpha value is -3.50. The van der Waals surface area contributed by atoms with Gasteiger partial charge >= 0.3 is 23.9 Å². The lowest BCUT2D eigenvalue weighted by Gasteiger charge is -2.28. The SMILES string of the molecule is C=C1C(=O)OC2C=C(C)C(OC(C)=O)CC=C(C)CC(OC(=O)C(=CC)COC(=O)C(=CCO)CO)C12. The molecule has 0 saturated carbocycles. The Morgan fingerprint density at radius 1 is 1.16 bits per heavy atom. The van der Waals surface area contributed by atoms with E-state index in [1.165, 1.54) is 13.0 Å². The van der Waals surface area contributed by atoms with Crippen molar-refractivity contribution in [2.75, 3.05) is 19.8 Å². The van der Waals surface area contributed by atoms with E-state index in [-0.39, 0.29) is 23.1 Å². The number of ether oxygens (including phenoxy) is 4. The van der Waals surface area contributed by atoms with Gasteiger partial charge in [0, 0.05) is 25.3 Å². The number of carbonyl (C=O) groups excluding carboxylic acids is 4. The molecule has 0 aromatic rings. The molecule has 0 spiro atoms. The van der Waals surface area contributed by atoms with E-state index in [2.05, 4.69) is 6.58 Å². The summed E-state index contributed by atoms with van der Waals surface area (Å²) in [5.74, 6) is -3.38. The van der Waals surface area contributed by atoms with Crippen molar-refractivity contribution in [3.63, 3.8) is 0 Å². The molecule has 202 valence electrons. The third-order valence-corrected chi connectivity index (χ3v) is 6.11. The van der Waals surface area contributed by atoms with Crippen molar-refractivity contribution >= 4 is 23.9 Å². The maximum Gasteiger partial charge on any atom is 0.337 e. The lowest BCUT2D eigenvalue weighted by Crippen LogP contribution is -2.35. The van der Waals surface area contributed by atoms with Gasteiger partial charge in [0.15, 0.2) is 0 Å². The van der Waals surface area contributed by atoms with Crippen molar-refractivity contribution in [1.29, 1.82) is 0 Å². The molecule has 0 bridgehead atoms. The number of hydrogen-bond donors (Lipinski definition) is 2. The second kappa shape index (κ2) is 13.7. The van der Waals surface area contributed by atoms with Gasteiger partial charge in [0.25, 0.3) is 0 Å². The monoisotopic (exact) mass is 518 g/mol. The molecule has 4 unspecified atom stereocenters. The topological polar surface area (TPSA) is 146 Å².